The van der Waals surface area contributed by atoms with Crippen LogP contribution in [0.15, 0.2) is 54.6 Å². The zero-order valence-electron chi connectivity index (χ0n) is 16.3. The molecule has 0 amide bonds. The quantitative estimate of drug-likeness (QED) is 0.325. The van der Waals surface area contributed by atoms with Crippen molar-refractivity contribution in [1.82, 2.24) is 0 Å². The fourth-order valence-electron chi connectivity index (χ4n) is 1.99. The van der Waals surface area contributed by atoms with Gasteiger partial charge in [0.2, 0.25) is 5.30 Å². The van der Waals surface area contributed by atoms with E-state index in [4.69, 9.17) is 24.0 Å². The van der Waals surface area contributed by atoms with Crippen molar-refractivity contribution in [1.29, 1.82) is 0 Å². The number of aryl methyl sites for hydroxylation is 1. The van der Waals surface area contributed by atoms with Crippen molar-refractivity contribution in [3.63, 3.8) is 0 Å². The van der Waals surface area contributed by atoms with Crippen LogP contribution in [0.2, 0.25) is 0 Å². The zero-order valence-corrected chi connectivity index (χ0v) is 18.1. The molecular formula is C19H27O7P2+. The van der Waals surface area contributed by atoms with Gasteiger partial charge in [0, 0.05) is 0 Å². The van der Waals surface area contributed by atoms with E-state index >= 15 is 0 Å². The lowest BCUT2D eigenvalue weighted by atomic mass is 10.1. The lowest BCUT2D eigenvalue weighted by molar-refractivity contribution is -0.263. The van der Waals surface area contributed by atoms with Crippen LogP contribution in [0.4, 0.5) is 0 Å². The summed E-state index contributed by atoms with van der Waals surface area (Å²) in [7, 11) is -5.59. The van der Waals surface area contributed by atoms with Gasteiger partial charge in [-0.1, -0.05) is 49.4 Å². The molecule has 1 N–H and O–H groups in total. The van der Waals surface area contributed by atoms with Crippen molar-refractivity contribution in [2.45, 2.75) is 33.4 Å². The number of benzene rings is 2. The van der Waals surface area contributed by atoms with Crippen LogP contribution in [0.3, 0.4) is 0 Å². The first kappa shape index (κ1) is 24.6. The molecule has 0 radical (unpaired) electrons. The van der Waals surface area contributed by atoms with Crippen LogP contribution in [0.25, 0.3) is 0 Å². The highest BCUT2D eigenvalue weighted by Crippen LogP contribution is 2.51. The number of hydrogen-bond acceptors (Lipinski definition) is 6. The Bertz CT molecular complexity index is 724. The molecule has 0 heterocycles. The molecule has 2 aromatic carbocycles. The van der Waals surface area contributed by atoms with Gasteiger partial charge < -0.3 is 0 Å². The highest BCUT2D eigenvalue weighted by atomic mass is 31.2. The second kappa shape index (κ2) is 13.7. The zero-order chi connectivity index (χ0) is 20.8. The third kappa shape index (κ3) is 9.67. The van der Waals surface area contributed by atoms with Crippen molar-refractivity contribution >= 4 is 20.9 Å². The van der Waals surface area contributed by atoms with E-state index in [-0.39, 0.29) is 19.4 Å². The molecule has 28 heavy (non-hydrogen) atoms. The Balaban J connectivity index is 0.000000362. The highest BCUT2D eigenvalue weighted by molar-refractivity contribution is 7.52. The van der Waals surface area contributed by atoms with E-state index in [1.165, 1.54) is 5.56 Å². The Morgan fingerprint density at radius 2 is 1.36 bits per heavy atom. The second-order valence-electron chi connectivity index (χ2n) is 5.51. The average Bonchev–Trinajstić information content (AvgIpc) is 2.72. The van der Waals surface area contributed by atoms with Crippen molar-refractivity contribution in [2.24, 2.45) is 0 Å². The van der Waals surface area contributed by atoms with Crippen LogP contribution in [-0.2, 0) is 40.8 Å². The fourth-order valence-corrected chi connectivity index (χ4v) is 3.74. The normalized spacial score (nSPS) is 11.5. The molecular weight excluding hydrogens is 402 g/mol. The topological polar surface area (TPSA) is 91.3 Å². The van der Waals surface area contributed by atoms with Crippen LogP contribution in [0.1, 0.15) is 31.9 Å². The van der Waals surface area contributed by atoms with Crippen molar-refractivity contribution < 1.29 is 33.1 Å². The minimum Gasteiger partial charge on any atom is -0.255 e. The largest absolute Gasteiger partial charge is 0.546 e. The maximum atomic E-state index is 12.4. The standard InChI is InChI=1S/C13H21O5P.C6H5O2P/c1-4-12-7-9-13(10-8-12)11-19(14,17-15-5-2)18-16-6-3;7-9(8)6-4-2-1-3-5-6/h7-10H,4-6,11H2,1-3H3;1-5H/p+1. The predicted molar refractivity (Wildman–Crippen MR) is 108 cm³/mol. The van der Waals surface area contributed by atoms with E-state index in [1.807, 2.05) is 30.3 Å². The predicted octanol–water partition coefficient (Wildman–Crippen LogP) is 4.92. The molecule has 0 fully saturated rings. The minimum atomic E-state index is -3.44. The molecule has 0 aromatic heterocycles. The molecule has 0 saturated carbocycles. The third-order valence-electron chi connectivity index (χ3n) is 3.35. The molecule has 1 unspecified atom stereocenters. The third-order valence-corrected chi connectivity index (χ3v) is 5.51. The van der Waals surface area contributed by atoms with E-state index in [2.05, 4.69) is 6.92 Å². The van der Waals surface area contributed by atoms with Gasteiger partial charge in [0.15, 0.2) is 0 Å². The first-order valence-electron chi connectivity index (χ1n) is 8.94. The van der Waals surface area contributed by atoms with Crippen molar-refractivity contribution in [3.05, 3.63) is 65.7 Å². The lowest BCUT2D eigenvalue weighted by Crippen LogP contribution is -2.01. The second-order valence-corrected chi connectivity index (χ2v) is 8.41. The van der Waals surface area contributed by atoms with Crippen LogP contribution >= 0.6 is 15.6 Å². The molecule has 0 spiro atoms. The maximum Gasteiger partial charge on any atom is 0.546 e. The van der Waals surface area contributed by atoms with Crippen LogP contribution in [0.5, 0.6) is 0 Å². The van der Waals surface area contributed by atoms with Crippen LogP contribution in [0, 0.1) is 0 Å². The molecule has 0 aliphatic heterocycles. The maximum absolute atomic E-state index is 12.4. The van der Waals surface area contributed by atoms with E-state index in [9.17, 15) is 9.13 Å². The van der Waals surface area contributed by atoms with Gasteiger partial charge in [-0.2, -0.15) is 4.89 Å². The van der Waals surface area contributed by atoms with Gasteiger partial charge in [-0.05, 0) is 48.1 Å². The summed E-state index contributed by atoms with van der Waals surface area (Å²) in [6.45, 7) is 6.13. The summed E-state index contributed by atoms with van der Waals surface area (Å²) in [4.78, 5) is 18.0. The molecule has 9 heteroatoms. The summed E-state index contributed by atoms with van der Waals surface area (Å²) >= 11 is 0. The van der Waals surface area contributed by atoms with Crippen molar-refractivity contribution in [3.8, 4) is 0 Å². The van der Waals surface area contributed by atoms with Gasteiger partial charge in [-0.25, -0.2) is 9.78 Å². The monoisotopic (exact) mass is 429 g/mol. The summed E-state index contributed by atoms with van der Waals surface area (Å²) in [6, 6.07) is 16.3. The van der Waals surface area contributed by atoms with Gasteiger partial charge in [0.1, 0.15) is 0 Å². The van der Waals surface area contributed by atoms with Crippen LogP contribution < -0.4 is 5.30 Å². The SMILES string of the molecule is CCOOP(=O)(Cc1ccc(CC)cc1)OOCC.O=[P+](O)c1ccccc1. The molecule has 1 atom stereocenters. The summed E-state index contributed by atoms with van der Waals surface area (Å²) in [5.74, 6) is 0. The summed E-state index contributed by atoms with van der Waals surface area (Å²) in [5, 5.41) is 0.479. The van der Waals surface area contributed by atoms with Gasteiger partial charge >= 0.3 is 15.6 Å². The van der Waals surface area contributed by atoms with Gasteiger partial charge in [0.05, 0.1) is 19.4 Å². The van der Waals surface area contributed by atoms with Gasteiger partial charge in [-0.15, -0.1) is 9.35 Å². The molecule has 0 bridgehead atoms. The van der Waals surface area contributed by atoms with E-state index in [1.54, 1.807) is 38.1 Å². The molecule has 0 aliphatic carbocycles. The summed E-state index contributed by atoms with van der Waals surface area (Å²) < 4.78 is 32.4. The Labute approximate surface area is 166 Å². The Morgan fingerprint density at radius 1 is 0.857 bits per heavy atom. The molecule has 7 nitrogen and oxygen atoms in total. The Kier molecular flexibility index (Phi) is 12.0. The van der Waals surface area contributed by atoms with E-state index < -0.39 is 15.6 Å². The minimum absolute atomic E-state index is 0.108. The fraction of sp³-hybridized carbons (Fsp3) is 0.368. The van der Waals surface area contributed by atoms with Gasteiger partial charge in [0.25, 0.3) is 0 Å². The van der Waals surface area contributed by atoms with Gasteiger partial charge in [-0.3, -0.25) is 4.57 Å². The van der Waals surface area contributed by atoms with Crippen molar-refractivity contribution in [2.75, 3.05) is 13.2 Å². The summed E-state index contributed by atoms with van der Waals surface area (Å²) in [6.07, 6.45) is 1.07. The highest BCUT2D eigenvalue weighted by Gasteiger charge is 2.28. The Morgan fingerprint density at radius 3 is 1.75 bits per heavy atom. The first-order valence-corrected chi connectivity index (χ1v) is 11.9. The van der Waals surface area contributed by atoms with Crippen LogP contribution in [-0.4, -0.2) is 18.1 Å². The molecule has 2 aromatic rings. The molecule has 0 saturated heterocycles. The lowest BCUT2D eigenvalue weighted by Gasteiger charge is -2.15. The molecule has 2 rings (SSSR count). The molecule has 0 aliphatic rings. The average molecular weight is 429 g/mol. The van der Waals surface area contributed by atoms with E-state index in [0.717, 1.165) is 12.0 Å². The summed E-state index contributed by atoms with van der Waals surface area (Å²) in [5.41, 5.74) is 2.06. The van der Waals surface area contributed by atoms with E-state index in [0.29, 0.717) is 5.30 Å². The first-order chi connectivity index (χ1) is 13.4. The number of hydrogen-bond donors (Lipinski definition) is 1. The Hall–Kier alpha value is -1.43. The molecule has 154 valence electrons. The smallest absolute Gasteiger partial charge is 0.255 e. The number of rotatable bonds is 10.